The molecular weight excluding hydrogens is 244 g/mol. The second kappa shape index (κ2) is 5.15. The first-order chi connectivity index (χ1) is 6.63. The van der Waals surface area contributed by atoms with Gasteiger partial charge in [-0.3, -0.25) is 4.79 Å². The third kappa shape index (κ3) is 3.14. The van der Waals surface area contributed by atoms with Crippen LogP contribution in [0.5, 0.6) is 5.75 Å². The van der Waals surface area contributed by atoms with Crippen molar-refractivity contribution < 1.29 is 9.53 Å². The summed E-state index contributed by atoms with van der Waals surface area (Å²) in [7, 11) is 0. The Kier molecular flexibility index (Phi) is 4.14. The maximum atomic E-state index is 11.0. The van der Waals surface area contributed by atoms with Crippen molar-refractivity contribution in [2.75, 3.05) is 6.61 Å². The summed E-state index contributed by atoms with van der Waals surface area (Å²) in [5.74, 6) is 0.891. The quantitative estimate of drug-likeness (QED) is 0.828. The average molecular weight is 257 g/mol. The van der Waals surface area contributed by atoms with Crippen LogP contribution in [0.1, 0.15) is 18.9 Å². The zero-order valence-electron chi connectivity index (χ0n) is 8.34. The maximum absolute atomic E-state index is 11.0. The van der Waals surface area contributed by atoms with Crippen molar-refractivity contribution in [2.24, 2.45) is 0 Å². The Hall–Kier alpha value is -0.830. The van der Waals surface area contributed by atoms with Crippen LogP contribution in [0.4, 0.5) is 0 Å². The molecule has 0 bridgehead atoms. The van der Waals surface area contributed by atoms with E-state index in [9.17, 15) is 4.79 Å². The number of halogens is 1. The van der Waals surface area contributed by atoms with E-state index in [0.29, 0.717) is 6.42 Å². The van der Waals surface area contributed by atoms with Crippen molar-refractivity contribution in [3.63, 3.8) is 0 Å². The Morgan fingerprint density at radius 2 is 2.21 bits per heavy atom. The van der Waals surface area contributed by atoms with E-state index in [2.05, 4.69) is 15.9 Å². The summed E-state index contributed by atoms with van der Waals surface area (Å²) in [6.45, 7) is 3.95. The molecule has 76 valence electrons. The van der Waals surface area contributed by atoms with Gasteiger partial charge in [-0.2, -0.15) is 0 Å². The molecule has 0 aliphatic carbocycles. The van der Waals surface area contributed by atoms with Gasteiger partial charge in [-0.25, -0.2) is 0 Å². The Labute approximate surface area is 92.4 Å². The first-order valence-electron chi connectivity index (χ1n) is 4.54. The van der Waals surface area contributed by atoms with Gasteiger partial charge in [0, 0.05) is 10.9 Å². The van der Waals surface area contributed by atoms with E-state index in [0.717, 1.165) is 15.8 Å². The second-order valence-corrected chi connectivity index (χ2v) is 4.01. The van der Waals surface area contributed by atoms with Gasteiger partial charge in [0.2, 0.25) is 0 Å². The number of ketones is 1. The minimum absolute atomic E-state index is 0.118. The van der Waals surface area contributed by atoms with Gasteiger partial charge in [-0.05, 0) is 30.7 Å². The molecule has 2 nitrogen and oxygen atoms in total. The summed E-state index contributed by atoms with van der Waals surface area (Å²) in [6, 6.07) is 5.73. The molecule has 1 aromatic rings. The minimum atomic E-state index is 0.118. The van der Waals surface area contributed by atoms with E-state index >= 15 is 0 Å². The minimum Gasteiger partial charge on any atom is -0.486 e. The topological polar surface area (TPSA) is 26.3 Å². The molecule has 0 spiro atoms. The van der Waals surface area contributed by atoms with Gasteiger partial charge < -0.3 is 4.74 Å². The summed E-state index contributed by atoms with van der Waals surface area (Å²) in [6.07, 6.45) is 0.523. The number of Topliss-reactive ketones (excluding diaryl/α,β-unsaturated/α-hetero) is 1. The average Bonchev–Trinajstić information content (AvgIpc) is 2.16. The zero-order chi connectivity index (χ0) is 10.6. The highest BCUT2D eigenvalue weighted by molar-refractivity contribution is 9.10. The Morgan fingerprint density at radius 3 is 2.79 bits per heavy atom. The normalized spacial score (nSPS) is 9.93. The van der Waals surface area contributed by atoms with E-state index in [1.54, 1.807) is 0 Å². The van der Waals surface area contributed by atoms with E-state index in [1.165, 1.54) is 0 Å². The number of hydrogen-bond donors (Lipinski definition) is 0. The Balaban J connectivity index is 2.63. The second-order valence-electron chi connectivity index (χ2n) is 3.09. The molecule has 0 fully saturated rings. The lowest BCUT2D eigenvalue weighted by atomic mass is 10.2. The molecule has 0 N–H and O–H groups in total. The number of carbonyl (C=O) groups excluding carboxylic acids is 1. The number of aryl methyl sites for hydroxylation is 1. The standard InChI is InChI=1S/C11H13BrO2/c1-3-10(13)7-14-11-5-4-9(12)6-8(11)2/h4-6H,3,7H2,1-2H3. The van der Waals surface area contributed by atoms with Gasteiger partial charge in [0.15, 0.2) is 5.78 Å². The largest absolute Gasteiger partial charge is 0.486 e. The van der Waals surface area contributed by atoms with Crippen molar-refractivity contribution in [2.45, 2.75) is 20.3 Å². The number of benzene rings is 1. The van der Waals surface area contributed by atoms with Gasteiger partial charge in [-0.1, -0.05) is 22.9 Å². The fourth-order valence-electron chi connectivity index (χ4n) is 1.04. The molecule has 0 saturated heterocycles. The van der Waals surface area contributed by atoms with Crippen molar-refractivity contribution in [1.29, 1.82) is 0 Å². The highest BCUT2D eigenvalue weighted by Crippen LogP contribution is 2.21. The van der Waals surface area contributed by atoms with Crippen LogP contribution in [0.15, 0.2) is 22.7 Å². The Bertz CT molecular complexity index is 334. The maximum Gasteiger partial charge on any atom is 0.169 e. The molecule has 14 heavy (non-hydrogen) atoms. The molecule has 0 radical (unpaired) electrons. The van der Waals surface area contributed by atoms with E-state index in [4.69, 9.17) is 4.74 Å². The fourth-order valence-corrected chi connectivity index (χ4v) is 1.51. The molecular formula is C11H13BrO2. The molecule has 1 aromatic carbocycles. The van der Waals surface area contributed by atoms with Gasteiger partial charge >= 0.3 is 0 Å². The van der Waals surface area contributed by atoms with Crippen LogP contribution in [0.25, 0.3) is 0 Å². The first kappa shape index (κ1) is 11.2. The fraction of sp³-hybridized carbons (Fsp3) is 0.364. The number of hydrogen-bond acceptors (Lipinski definition) is 2. The lowest BCUT2D eigenvalue weighted by Gasteiger charge is -2.07. The summed E-state index contributed by atoms with van der Waals surface area (Å²) >= 11 is 3.37. The van der Waals surface area contributed by atoms with Crippen LogP contribution in [-0.2, 0) is 4.79 Å². The highest BCUT2D eigenvalue weighted by Gasteiger charge is 2.02. The van der Waals surface area contributed by atoms with Crippen LogP contribution in [0.2, 0.25) is 0 Å². The molecule has 0 atom stereocenters. The molecule has 0 heterocycles. The number of rotatable bonds is 4. The molecule has 0 aliphatic rings. The number of carbonyl (C=O) groups is 1. The molecule has 0 saturated carbocycles. The van der Waals surface area contributed by atoms with E-state index in [-0.39, 0.29) is 12.4 Å². The Morgan fingerprint density at radius 1 is 1.50 bits per heavy atom. The van der Waals surface area contributed by atoms with Crippen molar-refractivity contribution in [1.82, 2.24) is 0 Å². The molecule has 0 amide bonds. The van der Waals surface area contributed by atoms with Crippen molar-refractivity contribution >= 4 is 21.7 Å². The molecule has 1 rings (SSSR count). The van der Waals surface area contributed by atoms with Crippen LogP contribution in [0.3, 0.4) is 0 Å². The van der Waals surface area contributed by atoms with Gasteiger partial charge in [0.05, 0.1) is 0 Å². The van der Waals surface area contributed by atoms with Crippen LogP contribution >= 0.6 is 15.9 Å². The van der Waals surface area contributed by atoms with Crippen LogP contribution in [-0.4, -0.2) is 12.4 Å². The SMILES string of the molecule is CCC(=O)COc1ccc(Br)cc1C. The molecule has 0 aromatic heterocycles. The summed E-state index contributed by atoms with van der Waals surface area (Å²) in [4.78, 5) is 11.0. The molecule has 3 heteroatoms. The molecule has 0 aliphatic heterocycles. The lowest BCUT2D eigenvalue weighted by Crippen LogP contribution is -2.10. The van der Waals surface area contributed by atoms with E-state index in [1.807, 2.05) is 32.0 Å². The lowest BCUT2D eigenvalue weighted by molar-refractivity contribution is -0.120. The highest BCUT2D eigenvalue weighted by atomic mass is 79.9. The molecule has 0 unspecified atom stereocenters. The monoisotopic (exact) mass is 256 g/mol. The number of ether oxygens (including phenoxy) is 1. The summed E-state index contributed by atoms with van der Waals surface area (Å²) < 4.78 is 6.39. The van der Waals surface area contributed by atoms with Crippen molar-refractivity contribution in [3.05, 3.63) is 28.2 Å². The van der Waals surface area contributed by atoms with Gasteiger partial charge in [0.25, 0.3) is 0 Å². The van der Waals surface area contributed by atoms with Crippen LogP contribution in [0, 0.1) is 6.92 Å². The van der Waals surface area contributed by atoms with Crippen LogP contribution < -0.4 is 4.74 Å². The first-order valence-corrected chi connectivity index (χ1v) is 5.33. The summed E-state index contributed by atoms with van der Waals surface area (Å²) in [5, 5.41) is 0. The predicted molar refractivity (Wildman–Crippen MR) is 59.7 cm³/mol. The third-order valence-electron chi connectivity index (χ3n) is 1.92. The smallest absolute Gasteiger partial charge is 0.169 e. The van der Waals surface area contributed by atoms with Gasteiger partial charge in [-0.15, -0.1) is 0 Å². The van der Waals surface area contributed by atoms with E-state index < -0.39 is 0 Å². The predicted octanol–water partition coefficient (Wildman–Crippen LogP) is 3.12. The zero-order valence-corrected chi connectivity index (χ0v) is 9.93. The third-order valence-corrected chi connectivity index (χ3v) is 2.41. The van der Waals surface area contributed by atoms with Gasteiger partial charge in [0.1, 0.15) is 12.4 Å². The van der Waals surface area contributed by atoms with Crippen molar-refractivity contribution in [3.8, 4) is 5.75 Å². The summed E-state index contributed by atoms with van der Waals surface area (Å²) in [5.41, 5.74) is 1.03.